The molecule has 3 heterocycles. The van der Waals surface area contributed by atoms with Gasteiger partial charge in [-0.1, -0.05) is 29.0 Å². The van der Waals surface area contributed by atoms with Crippen molar-refractivity contribution in [3.63, 3.8) is 0 Å². The Bertz CT molecular complexity index is 1450. The summed E-state index contributed by atoms with van der Waals surface area (Å²) >= 11 is 7.72. The van der Waals surface area contributed by atoms with Gasteiger partial charge in [0.2, 0.25) is 0 Å². The van der Waals surface area contributed by atoms with Crippen LogP contribution in [0.2, 0.25) is 5.02 Å². The molecule has 0 radical (unpaired) electrons. The number of rotatable bonds is 7. The molecule has 0 saturated carbocycles. The molecule has 38 heavy (non-hydrogen) atoms. The number of hydrogen-bond donors (Lipinski definition) is 2. The minimum absolute atomic E-state index is 0.119. The van der Waals surface area contributed by atoms with E-state index in [0.29, 0.717) is 23.2 Å². The quantitative estimate of drug-likeness (QED) is 0.352. The minimum Gasteiger partial charge on any atom is -0.492 e. The Morgan fingerprint density at radius 2 is 1.97 bits per heavy atom. The molecule has 2 aromatic heterocycles. The zero-order chi connectivity index (χ0) is 26.6. The van der Waals surface area contributed by atoms with Gasteiger partial charge in [0.1, 0.15) is 11.4 Å². The lowest BCUT2D eigenvalue weighted by atomic mass is 10.1. The van der Waals surface area contributed by atoms with Crippen molar-refractivity contribution in [3.8, 4) is 11.4 Å². The van der Waals surface area contributed by atoms with Gasteiger partial charge in [0.05, 0.1) is 27.4 Å². The van der Waals surface area contributed by atoms with E-state index in [1.54, 1.807) is 35.3 Å². The van der Waals surface area contributed by atoms with E-state index in [1.165, 1.54) is 16.9 Å². The molecule has 4 aromatic rings. The monoisotopic (exact) mass is 553 g/mol. The molecule has 12 heteroatoms. The van der Waals surface area contributed by atoms with Gasteiger partial charge < -0.3 is 9.64 Å². The molecule has 2 N–H and O–H groups in total. The Kier molecular flexibility index (Phi) is 7.89. The Hall–Kier alpha value is -3.51. The fourth-order valence-electron chi connectivity index (χ4n) is 4.26. The van der Waals surface area contributed by atoms with Crippen LogP contribution in [-0.2, 0) is 6.54 Å². The first-order chi connectivity index (χ1) is 18.4. The van der Waals surface area contributed by atoms with Gasteiger partial charge in [0.25, 0.3) is 5.91 Å². The maximum absolute atomic E-state index is 12.9. The predicted octanol–water partition coefficient (Wildman–Crippen LogP) is 4.24. The van der Waals surface area contributed by atoms with Gasteiger partial charge in [-0.3, -0.25) is 20.3 Å². The Balaban J connectivity index is 1.26. The minimum atomic E-state index is -0.697. The summed E-state index contributed by atoms with van der Waals surface area (Å²) < 4.78 is 8.19. The number of benzene rings is 2. The third-order valence-electron chi connectivity index (χ3n) is 6.25. The van der Waals surface area contributed by atoms with E-state index in [2.05, 4.69) is 49.7 Å². The van der Waals surface area contributed by atoms with Gasteiger partial charge >= 0.3 is 6.03 Å². The second-order valence-corrected chi connectivity index (χ2v) is 10.4. The number of aromatic nitrogens is 3. The van der Waals surface area contributed by atoms with Crippen LogP contribution in [-0.4, -0.2) is 76.3 Å². The summed E-state index contributed by atoms with van der Waals surface area (Å²) in [5.41, 5.74) is 2.64. The van der Waals surface area contributed by atoms with Crippen LogP contribution in [0.15, 0.2) is 48.8 Å². The SMILES string of the molecule is CCOc1cc(Cl)c(C(=O)NC(=O)Nc2nc3ccc(CN4CCN(C)CC4)cc3s2)cc1-n1cccn1. The van der Waals surface area contributed by atoms with Crippen LogP contribution in [0.25, 0.3) is 15.9 Å². The highest BCUT2D eigenvalue weighted by Gasteiger charge is 2.20. The fourth-order valence-corrected chi connectivity index (χ4v) is 5.43. The fraction of sp³-hybridized carbons (Fsp3) is 0.308. The highest BCUT2D eigenvalue weighted by Crippen LogP contribution is 2.31. The molecule has 1 aliphatic heterocycles. The maximum atomic E-state index is 12.9. The Labute approximate surface area is 229 Å². The Morgan fingerprint density at radius 3 is 2.71 bits per heavy atom. The molecule has 0 atom stereocenters. The van der Waals surface area contributed by atoms with Crippen LogP contribution in [0.4, 0.5) is 9.93 Å². The molecule has 198 valence electrons. The lowest BCUT2D eigenvalue weighted by molar-refractivity contribution is 0.0967. The highest BCUT2D eigenvalue weighted by atomic mass is 35.5. The van der Waals surface area contributed by atoms with Crippen LogP contribution in [0.3, 0.4) is 0 Å². The van der Waals surface area contributed by atoms with E-state index in [9.17, 15) is 9.59 Å². The number of ether oxygens (including phenoxy) is 1. The zero-order valence-corrected chi connectivity index (χ0v) is 22.7. The van der Waals surface area contributed by atoms with E-state index < -0.39 is 11.9 Å². The van der Waals surface area contributed by atoms with Gasteiger partial charge in [-0.25, -0.2) is 14.5 Å². The Morgan fingerprint density at radius 1 is 1.16 bits per heavy atom. The number of anilines is 1. The van der Waals surface area contributed by atoms with E-state index in [4.69, 9.17) is 16.3 Å². The first kappa shape index (κ1) is 26.1. The lowest BCUT2D eigenvalue weighted by Gasteiger charge is -2.32. The van der Waals surface area contributed by atoms with Crippen LogP contribution in [0.5, 0.6) is 5.75 Å². The number of halogens is 1. The van der Waals surface area contributed by atoms with Crippen molar-refractivity contribution in [2.45, 2.75) is 13.5 Å². The number of nitrogens with one attached hydrogen (secondary N) is 2. The predicted molar refractivity (Wildman–Crippen MR) is 149 cm³/mol. The number of hydrogen-bond acceptors (Lipinski definition) is 8. The topological polar surface area (TPSA) is 105 Å². The van der Waals surface area contributed by atoms with Gasteiger partial charge in [0, 0.05) is 51.2 Å². The number of likely N-dealkylation sites (N-methyl/N-ethyl adjacent to an activating group) is 1. The molecule has 0 unspecified atom stereocenters. The number of carbonyl (C=O) groups is 2. The first-order valence-corrected chi connectivity index (χ1v) is 13.5. The van der Waals surface area contributed by atoms with Gasteiger partial charge in [0.15, 0.2) is 5.13 Å². The van der Waals surface area contributed by atoms with Gasteiger partial charge in [-0.15, -0.1) is 0 Å². The summed E-state index contributed by atoms with van der Waals surface area (Å²) in [6, 6.07) is 10.3. The third-order valence-corrected chi connectivity index (χ3v) is 7.49. The molecule has 0 aliphatic carbocycles. The number of thiazole rings is 1. The molecule has 2 aromatic carbocycles. The van der Waals surface area contributed by atoms with Crippen molar-refractivity contribution >= 4 is 50.2 Å². The summed E-state index contributed by atoms with van der Waals surface area (Å²) in [7, 11) is 2.14. The normalized spacial score (nSPS) is 14.5. The van der Waals surface area contributed by atoms with E-state index >= 15 is 0 Å². The molecular weight excluding hydrogens is 526 g/mol. The summed E-state index contributed by atoms with van der Waals surface area (Å²) in [4.78, 5) is 34.8. The van der Waals surface area contributed by atoms with Crippen LogP contribution in [0.1, 0.15) is 22.8 Å². The number of piperazine rings is 1. The average Bonchev–Trinajstić information content (AvgIpc) is 3.55. The van der Waals surface area contributed by atoms with Crippen LogP contribution in [0, 0.1) is 0 Å². The highest BCUT2D eigenvalue weighted by molar-refractivity contribution is 7.22. The number of urea groups is 1. The van der Waals surface area contributed by atoms with Crippen LogP contribution < -0.4 is 15.4 Å². The molecular formula is C26H28ClN7O3S. The largest absolute Gasteiger partial charge is 0.492 e. The van der Waals surface area contributed by atoms with E-state index in [1.807, 2.05) is 13.0 Å². The molecule has 5 rings (SSSR count). The van der Waals surface area contributed by atoms with Crippen molar-refractivity contribution in [2.24, 2.45) is 0 Å². The third kappa shape index (κ3) is 5.97. The summed E-state index contributed by atoms with van der Waals surface area (Å²) in [5.74, 6) is -0.178. The molecule has 0 bridgehead atoms. The maximum Gasteiger partial charge on any atom is 0.327 e. The van der Waals surface area contributed by atoms with Crippen molar-refractivity contribution < 1.29 is 14.3 Å². The number of carbonyl (C=O) groups excluding carboxylic acids is 2. The van der Waals surface area contributed by atoms with Crippen molar-refractivity contribution in [1.82, 2.24) is 29.9 Å². The molecule has 3 amide bonds. The van der Waals surface area contributed by atoms with Crippen molar-refractivity contribution in [3.05, 3.63) is 64.9 Å². The average molecular weight is 554 g/mol. The molecule has 1 fully saturated rings. The molecule has 0 spiro atoms. The van der Waals surface area contributed by atoms with Gasteiger partial charge in [-0.2, -0.15) is 5.10 Å². The number of fused-ring (bicyclic) bond motifs is 1. The molecule has 10 nitrogen and oxygen atoms in total. The number of nitrogens with zero attached hydrogens (tertiary/aromatic N) is 5. The first-order valence-electron chi connectivity index (χ1n) is 12.3. The smallest absolute Gasteiger partial charge is 0.327 e. The van der Waals surface area contributed by atoms with E-state index in [0.717, 1.165) is 42.9 Å². The van der Waals surface area contributed by atoms with Crippen LogP contribution >= 0.6 is 22.9 Å². The molecule has 1 saturated heterocycles. The lowest BCUT2D eigenvalue weighted by Crippen LogP contribution is -2.43. The summed E-state index contributed by atoms with van der Waals surface area (Å²) in [6.07, 6.45) is 3.34. The van der Waals surface area contributed by atoms with E-state index in [-0.39, 0.29) is 10.6 Å². The van der Waals surface area contributed by atoms with Gasteiger partial charge in [-0.05, 0) is 43.8 Å². The second-order valence-electron chi connectivity index (χ2n) is 8.99. The van der Waals surface area contributed by atoms with Crippen molar-refractivity contribution in [1.29, 1.82) is 0 Å². The number of amides is 3. The number of imide groups is 1. The molecule has 1 aliphatic rings. The standard InChI is InChI=1S/C26H28ClN7O3S/c1-3-37-22-15-19(27)18(14-21(22)34-8-4-7-28-34)24(35)30-25(36)31-26-29-20-6-5-17(13-23(20)38-26)16-33-11-9-32(2)10-12-33/h4-8,13-15H,3,9-12,16H2,1-2H3,(H2,29,30,31,35,36). The zero-order valence-electron chi connectivity index (χ0n) is 21.1. The van der Waals surface area contributed by atoms with Crippen molar-refractivity contribution in [2.75, 3.05) is 45.2 Å². The second kappa shape index (κ2) is 11.5. The summed E-state index contributed by atoms with van der Waals surface area (Å²) in [6.45, 7) is 7.36. The summed E-state index contributed by atoms with van der Waals surface area (Å²) in [5, 5.41) is 9.77.